The molecule has 4 heteroatoms. The summed E-state index contributed by atoms with van der Waals surface area (Å²) >= 11 is 0. The van der Waals surface area contributed by atoms with Crippen molar-refractivity contribution in [2.24, 2.45) is 24.6 Å². The lowest BCUT2D eigenvalue weighted by Gasteiger charge is -2.26. The average Bonchev–Trinajstić information content (AvgIpc) is 2.76. The Balaban J connectivity index is 1.80. The van der Waals surface area contributed by atoms with Gasteiger partial charge in [-0.3, -0.25) is 4.79 Å². The molecule has 0 aromatic carbocycles. The van der Waals surface area contributed by atoms with Crippen molar-refractivity contribution in [3.8, 4) is 0 Å². The van der Waals surface area contributed by atoms with Crippen molar-refractivity contribution in [3.63, 3.8) is 0 Å². The van der Waals surface area contributed by atoms with Crippen molar-refractivity contribution in [3.05, 3.63) is 23.5 Å². The third kappa shape index (κ3) is 3.38. The summed E-state index contributed by atoms with van der Waals surface area (Å²) in [5.74, 6) is 1.01. The molecule has 1 saturated carbocycles. The molecule has 1 aliphatic rings. The quantitative estimate of drug-likeness (QED) is 0.869. The van der Waals surface area contributed by atoms with Gasteiger partial charge in [0.1, 0.15) is 0 Å². The molecule has 106 valence electrons. The second-order valence-corrected chi connectivity index (χ2v) is 5.70. The predicted molar refractivity (Wildman–Crippen MR) is 76.5 cm³/mol. The maximum Gasteiger partial charge on any atom is 0.223 e. The Morgan fingerprint density at radius 1 is 1.37 bits per heavy atom. The Hall–Kier alpha value is -1.29. The van der Waals surface area contributed by atoms with Crippen molar-refractivity contribution in [1.82, 2.24) is 9.88 Å². The van der Waals surface area contributed by atoms with Crippen LogP contribution in [0.5, 0.6) is 0 Å². The highest BCUT2D eigenvalue weighted by Crippen LogP contribution is 2.28. The van der Waals surface area contributed by atoms with E-state index in [1.54, 1.807) is 0 Å². The number of nitrogens with one attached hydrogen (secondary N) is 1. The van der Waals surface area contributed by atoms with E-state index in [1.807, 2.05) is 7.05 Å². The Kier molecular flexibility index (Phi) is 4.64. The number of hydrogen-bond acceptors (Lipinski definition) is 2. The number of carbonyl (C=O) groups excluding carboxylic acids is 1. The van der Waals surface area contributed by atoms with Gasteiger partial charge in [-0.15, -0.1) is 0 Å². The van der Waals surface area contributed by atoms with Gasteiger partial charge in [0, 0.05) is 24.4 Å². The molecule has 1 aliphatic carbocycles. The first-order chi connectivity index (χ1) is 9.11. The van der Waals surface area contributed by atoms with Crippen molar-refractivity contribution < 1.29 is 4.79 Å². The molecule has 1 fully saturated rings. The molecule has 2 rings (SSSR count). The van der Waals surface area contributed by atoms with E-state index < -0.39 is 0 Å². The average molecular weight is 263 g/mol. The molecule has 1 amide bonds. The Morgan fingerprint density at radius 3 is 2.58 bits per heavy atom. The number of amides is 1. The van der Waals surface area contributed by atoms with Crippen LogP contribution in [-0.2, 0) is 18.4 Å². The molecule has 4 nitrogen and oxygen atoms in total. The van der Waals surface area contributed by atoms with Gasteiger partial charge in [0.25, 0.3) is 0 Å². The van der Waals surface area contributed by atoms with Crippen LogP contribution in [0.1, 0.15) is 37.1 Å². The van der Waals surface area contributed by atoms with Crippen molar-refractivity contribution in [2.45, 2.75) is 39.2 Å². The molecule has 1 aromatic rings. The van der Waals surface area contributed by atoms with E-state index in [0.717, 1.165) is 37.9 Å². The third-order valence-corrected chi connectivity index (χ3v) is 4.47. The van der Waals surface area contributed by atoms with Gasteiger partial charge in [-0.25, -0.2) is 0 Å². The highest BCUT2D eigenvalue weighted by Gasteiger charge is 2.25. The zero-order valence-corrected chi connectivity index (χ0v) is 12.0. The van der Waals surface area contributed by atoms with Crippen LogP contribution in [0, 0.1) is 18.8 Å². The monoisotopic (exact) mass is 263 g/mol. The van der Waals surface area contributed by atoms with Crippen LogP contribution in [-0.4, -0.2) is 17.0 Å². The number of rotatable bonds is 4. The minimum absolute atomic E-state index is 0.184. The van der Waals surface area contributed by atoms with Crippen LogP contribution in [0.15, 0.2) is 12.1 Å². The third-order valence-electron chi connectivity index (χ3n) is 4.47. The van der Waals surface area contributed by atoms with Gasteiger partial charge in [0.05, 0.1) is 6.54 Å². The van der Waals surface area contributed by atoms with Crippen LogP contribution in [0.25, 0.3) is 0 Å². The maximum atomic E-state index is 12.1. The van der Waals surface area contributed by atoms with Crippen LogP contribution >= 0.6 is 0 Å². The summed E-state index contributed by atoms with van der Waals surface area (Å²) in [7, 11) is 2.03. The van der Waals surface area contributed by atoms with Crippen molar-refractivity contribution >= 4 is 5.91 Å². The van der Waals surface area contributed by atoms with Crippen LogP contribution in [0.4, 0.5) is 0 Å². The first-order valence-corrected chi connectivity index (χ1v) is 7.20. The molecular weight excluding hydrogens is 238 g/mol. The smallest absolute Gasteiger partial charge is 0.223 e. The molecule has 19 heavy (non-hydrogen) atoms. The maximum absolute atomic E-state index is 12.1. The number of nitrogens with two attached hydrogens (primary N) is 1. The van der Waals surface area contributed by atoms with Crippen LogP contribution in [0.2, 0.25) is 0 Å². The number of hydrogen-bond donors (Lipinski definition) is 2. The molecule has 1 aromatic heterocycles. The number of carbonyl (C=O) groups is 1. The standard InChI is InChI=1S/C15H25N3O/c1-11-3-8-14(18(11)2)10-17-15(19)13-6-4-12(9-16)5-7-13/h3,8,12-13H,4-7,9-10,16H2,1-2H3,(H,17,19). The number of nitrogens with zero attached hydrogens (tertiary/aromatic N) is 1. The zero-order chi connectivity index (χ0) is 13.8. The lowest BCUT2D eigenvalue weighted by Crippen LogP contribution is -2.34. The summed E-state index contributed by atoms with van der Waals surface area (Å²) in [5, 5.41) is 3.06. The van der Waals surface area contributed by atoms with Gasteiger partial charge in [0.2, 0.25) is 5.91 Å². The topological polar surface area (TPSA) is 60.1 Å². The van der Waals surface area contributed by atoms with Crippen molar-refractivity contribution in [1.29, 1.82) is 0 Å². The number of aromatic nitrogens is 1. The summed E-state index contributed by atoms with van der Waals surface area (Å²) in [4.78, 5) is 12.1. The summed E-state index contributed by atoms with van der Waals surface area (Å²) < 4.78 is 2.12. The first-order valence-electron chi connectivity index (χ1n) is 7.20. The Labute approximate surface area is 115 Å². The fourth-order valence-corrected chi connectivity index (χ4v) is 2.83. The summed E-state index contributed by atoms with van der Waals surface area (Å²) in [6.45, 7) is 3.45. The molecule has 0 radical (unpaired) electrons. The fraction of sp³-hybridized carbons (Fsp3) is 0.667. The van der Waals surface area contributed by atoms with E-state index in [2.05, 4.69) is 28.9 Å². The van der Waals surface area contributed by atoms with E-state index in [9.17, 15) is 4.79 Å². The Bertz CT molecular complexity index is 431. The lowest BCUT2D eigenvalue weighted by molar-refractivity contribution is -0.126. The van der Waals surface area contributed by atoms with Crippen molar-refractivity contribution in [2.75, 3.05) is 6.54 Å². The molecule has 3 N–H and O–H groups in total. The predicted octanol–water partition coefficient (Wildman–Crippen LogP) is 1.71. The normalized spacial score (nSPS) is 23.3. The van der Waals surface area contributed by atoms with E-state index in [4.69, 9.17) is 5.73 Å². The lowest BCUT2D eigenvalue weighted by atomic mass is 9.81. The second kappa shape index (κ2) is 6.24. The van der Waals surface area contributed by atoms with E-state index in [-0.39, 0.29) is 11.8 Å². The minimum Gasteiger partial charge on any atom is -0.350 e. The van der Waals surface area contributed by atoms with Gasteiger partial charge in [0.15, 0.2) is 0 Å². The van der Waals surface area contributed by atoms with Crippen LogP contribution < -0.4 is 11.1 Å². The summed E-state index contributed by atoms with van der Waals surface area (Å²) in [6, 6.07) is 4.15. The summed E-state index contributed by atoms with van der Waals surface area (Å²) in [5.41, 5.74) is 8.04. The van der Waals surface area contributed by atoms with Gasteiger partial charge in [-0.2, -0.15) is 0 Å². The fourth-order valence-electron chi connectivity index (χ4n) is 2.83. The van der Waals surface area contributed by atoms with Gasteiger partial charge in [-0.05, 0) is 57.2 Å². The highest BCUT2D eigenvalue weighted by atomic mass is 16.1. The van der Waals surface area contributed by atoms with E-state index in [1.165, 1.54) is 5.69 Å². The van der Waals surface area contributed by atoms with Gasteiger partial charge >= 0.3 is 0 Å². The molecular formula is C15H25N3O. The molecule has 0 spiro atoms. The van der Waals surface area contributed by atoms with Gasteiger partial charge in [-0.1, -0.05) is 0 Å². The molecule has 1 heterocycles. The molecule has 0 unspecified atom stereocenters. The molecule has 0 bridgehead atoms. The molecule has 0 atom stereocenters. The SMILES string of the molecule is Cc1ccc(CNC(=O)C2CCC(CN)CC2)n1C. The minimum atomic E-state index is 0.184. The largest absolute Gasteiger partial charge is 0.350 e. The highest BCUT2D eigenvalue weighted by molar-refractivity contribution is 5.78. The summed E-state index contributed by atoms with van der Waals surface area (Å²) in [6.07, 6.45) is 4.16. The Morgan fingerprint density at radius 2 is 2.05 bits per heavy atom. The molecule has 0 saturated heterocycles. The molecule has 0 aliphatic heterocycles. The van der Waals surface area contributed by atoms with Gasteiger partial charge < -0.3 is 15.6 Å². The zero-order valence-electron chi connectivity index (χ0n) is 12.0. The van der Waals surface area contributed by atoms with Crippen LogP contribution in [0.3, 0.4) is 0 Å². The first kappa shape index (κ1) is 14.1. The number of aryl methyl sites for hydroxylation is 1. The van der Waals surface area contributed by atoms with E-state index >= 15 is 0 Å². The second-order valence-electron chi connectivity index (χ2n) is 5.70. The van der Waals surface area contributed by atoms with E-state index in [0.29, 0.717) is 12.5 Å².